The summed E-state index contributed by atoms with van der Waals surface area (Å²) in [5.41, 5.74) is -1.86. The number of halogens is 3. The number of anilines is 1. The topological polar surface area (TPSA) is 99.0 Å². The van der Waals surface area contributed by atoms with Gasteiger partial charge in [0.1, 0.15) is 11.9 Å². The van der Waals surface area contributed by atoms with Crippen molar-refractivity contribution in [2.45, 2.75) is 31.8 Å². The lowest BCUT2D eigenvalue weighted by Crippen LogP contribution is -2.47. The zero-order valence-electron chi connectivity index (χ0n) is 15.3. The maximum absolute atomic E-state index is 13.1. The van der Waals surface area contributed by atoms with Crippen LogP contribution in [-0.4, -0.2) is 24.9 Å². The molecule has 0 saturated carbocycles. The van der Waals surface area contributed by atoms with Crippen molar-refractivity contribution in [1.82, 2.24) is 14.8 Å². The number of nitrogens with one attached hydrogen (secondary N) is 1. The van der Waals surface area contributed by atoms with Gasteiger partial charge in [-0.2, -0.15) is 18.4 Å². The standard InChI is InChI=1S/C17H18F3N5O2S/c1-16(2,3)11-25(24-28(26,27)12-7-5-4-6-8-12)15-9-13(17(18,19)20)22-14(10-21)23-15/h4-9,24H,11H2,1-3H3. The van der Waals surface area contributed by atoms with Gasteiger partial charge in [-0.05, 0) is 17.5 Å². The summed E-state index contributed by atoms with van der Waals surface area (Å²) in [5.74, 6) is -1.10. The molecule has 0 radical (unpaired) electrons. The van der Waals surface area contributed by atoms with Gasteiger partial charge in [-0.15, -0.1) is 4.83 Å². The van der Waals surface area contributed by atoms with E-state index < -0.39 is 33.1 Å². The van der Waals surface area contributed by atoms with Crippen LogP contribution < -0.4 is 9.84 Å². The van der Waals surface area contributed by atoms with Crippen LogP contribution in [0.25, 0.3) is 0 Å². The van der Waals surface area contributed by atoms with E-state index in [1.807, 2.05) is 0 Å². The van der Waals surface area contributed by atoms with Crippen LogP contribution in [-0.2, 0) is 16.2 Å². The molecule has 7 nitrogen and oxygen atoms in total. The first-order chi connectivity index (χ1) is 12.8. The van der Waals surface area contributed by atoms with Crippen LogP contribution in [0.1, 0.15) is 32.3 Å². The van der Waals surface area contributed by atoms with Crippen LogP contribution in [0.2, 0.25) is 0 Å². The molecule has 0 saturated heterocycles. The van der Waals surface area contributed by atoms with Crippen molar-refractivity contribution >= 4 is 15.8 Å². The predicted molar refractivity (Wildman–Crippen MR) is 95.3 cm³/mol. The highest BCUT2D eigenvalue weighted by atomic mass is 32.2. The molecule has 1 N–H and O–H groups in total. The molecule has 150 valence electrons. The Kier molecular flexibility index (Phi) is 5.96. The third-order valence-corrected chi connectivity index (χ3v) is 4.65. The van der Waals surface area contributed by atoms with E-state index in [1.165, 1.54) is 30.3 Å². The quantitative estimate of drug-likeness (QED) is 0.757. The van der Waals surface area contributed by atoms with E-state index in [9.17, 15) is 21.6 Å². The highest BCUT2D eigenvalue weighted by Gasteiger charge is 2.35. The summed E-state index contributed by atoms with van der Waals surface area (Å²) < 4.78 is 64.7. The summed E-state index contributed by atoms with van der Waals surface area (Å²) in [6.45, 7) is 5.30. The molecule has 0 amide bonds. The molecule has 28 heavy (non-hydrogen) atoms. The number of nitriles is 1. The van der Waals surface area contributed by atoms with Gasteiger partial charge in [-0.25, -0.2) is 18.4 Å². The van der Waals surface area contributed by atoms with Crippen LogP contribution >= 0.6 is 0 Å². The SMILES string of the molecule is CC(C)(C)CN(NS(=O)(=O)c1ccccc1)c1cc(C(F)(F)F)nc(C#N)n1. The molecule has 0 unspecified atom stereocenters. The molecule has 1 heterocycles. The molecule has 0 aliphatic heterocycles. The van der Waals surface area contributed by atoms with Crippen molar-refractivity contribution in [3.8, 4) is 6.07 Å². The van der Waals surface area contributed by atoms with Gasteiger partial charge < -0.3 is 0 Å². The minimum absolute atomic E-state index is 0.0156. The molecule has 1 aromatic heterocycles. The van der Waals surface area contributed by atoms with E-state index in [1.54, 1.807) is 26.8 Å². The van der Waals surface area contributed by atoms with Gasteiger partial charge in [-0.1, -0.05) is 39.0 Å². The lowest BCUT2D eigenvalue weighted by Gasteiger charge is -2.31. The largest absolute Gasteiger partial charge is 0.433 e. The summed E-state index contributed by atoms with van der Waals surface area (Å²) in [7, 11) is -4.10. The van der Waals surface area contributed by atoms with Crippen molar-refractivity contribution in [1.29, 1.82) is 5.26 Å². The molecule has 11 heteroatoms. The first kappa shape index (κ1) is 21.6. The normalized spacial score (nSPS) is 12.5. The molecule has 0 fully saturated rings. The van der Waals surface area contributed by atoms with E-state index in [0.717, 1.165) is 5.01 Å². The Hall–Kier alpha value is -2.71. The molecule has 0 aliphatic rings. The maximum Gasteiger partial charge on any atom is 0.433 e. The first-order valence-electron chi connectivity index (χ1n) is 8.03. The fourth-order valence-corrected chi connectivity index (χ4v) is 3.27. The Balaban J connectivity index is 2.54. The summed E-state index contributed by atoms with van der Waals surface area (Å²) in [5, 5.41) is 9.95. The van der Waals surface area contributed by atoms with Gasteiger partial charge >= 0.3 is 6.18 Å². The van der Waals surface area contributed by atoms with Crippen molar-refractivity contribution in [2.24, 2.45) is 5.41 Å². The van der Waals surface area contributed by atoms with Gasteiger partial charge in [0.15, 0.2) is 5.69 Å². The third kappa shape index (κ3) is 5.64. The Morgan fingerprint density at radius 3 is 2.25 bits per heavy atom. The fraction of sp³-hybridized carbons (Fsp3) is 0.353. The van der Waals surface area contributed by atoms with E-state index in [2.05, 4.69) is 14.8 Å². The van der Waals surface area contributed by atoms with Crippen LogP contribution in [0.4, 0.5) is 19.0 Å². The number of sulfonamides is 1. The van der Waals surface area contributed by atoms with Crippen LogP contribution in [0.5, 0.6) is 0 Å². The van der Waals surface area contributed by atoms with Gasteiger partial charge in [0, 0.05) is 12.6 Å². The molecule has 2 aromatic rings. The van der Waals surface area contributed by atoms with Gasteiger partial charge in [0.25, 0.3) is 10.0 Å². The number of alkyl halides is 3. The molecule has 0 atom stereocenters. The van der Waals surface area contributed by atoms with Crippen molar-refractivity contribution in [3.63, 3.8) is 0 Å². The van der Waals surface area contributed by atoms with E-state index >= 15 is 0 Å². The number of hydrogen-bond acceptors (Lipinski definition) is 6. The van der Waals surface area contributed by atoms with Gasteiger partial charge in [0.05, 0.1) is 4.90 Å². The van der Waals surface area contributed by atoms with Crippen LogP contribution in [0.3, 0.4) is 0 Å². The first-order valence-corrected chi connectivity index (χ1v) is 9.51. The number of hydrogen-bond donors (Lipinski definition) is 1. The molecule has 0 spiro atoms. The average molecular weight is 413 g/mol. The number of nitrogens with zero attached hydrogens (tertiary/aromatic N) is 4. The molecule has 0 bridgehead atoms. The summed E-state index contributed by atoms with van der Waals surface area (Å²) in [4.78, 5) is 9.09. The van der Waals surface area contributed by atoms with Gasteiger partial charge in [0.2, 0.25) is 5.82 Å². The molecule has 1 aromatic carbocycles. The second-order valence-corrected chi connectivity index (χ2v) is 8.76. The number of benzene rings is 1. The number of rotatable bonds is 5. The summed E-state index contributed by atoms with van der Waals surface area (Å²) in [6.07, 6.45) is -4.82. The zero-order valence-corrected chi connectivity index (χ0v) is 16.1. The molecular weight excluding hydrogens is 395 g/mol. The Morgan fingerprint density at radius 1 is 1.14 bits per heavy atom. The Labute approximate surface area is 160 Å². The Bertz CT molecular complexity index is 981. The van der Waals surface area contributed by atoms with E-state index in [4.69, 9.17) is 5.26 Å². The maximum atomic E-state index is 13.1. The highest BCUT2D eigenvalue weighted by Crippen LogP contribution is 2.30. The average Bonchev–Trinajstić information content (AvgIpc) is 2.59. The third-order valence-electron chi connectivity index (χ3n) is 3.30. The summed E-state index contributed by atoms with van der Waals surface area (Å²) in [6, 6.07) is 9.42. The monoisotopic (exact) mass is 413 g/mol. The molecular formula is C17H18F3N5O2S. The molecule has 0 aliphatic carbocycles. The number of aromatic nitrogens is 2. The smallest absolute Gasteiger partial charge is 0.278 e. The van der Waals surface area contributed by atoms with Crippen molar-refractivity contribution in [3.05, 3.63) is 47.9 Å². The second-order valence-electron chi connectivity index (χ2n) is 7.10. The Morgan fingerprint density at radius 2 is 1.75 bits per heavy atom. The highest BCUT2D eigenvalue weighted by molar-refractivity contribution is 7.89. The number of hydrazine groups is 1. The van der Waals surface area contributed by atoms with Crippen LogP contribution in [0.15, 0.2) is 41.3 Å². The summed E-state index contributed by atoms with van der Waals surface area (Å²) >= 11 is 0. The van der Waals surface area contributed by atoms with Gasteiger partial charge in [-0.3, -0.25) is 5.01 Å². The lowest BCUT2D eigenvalue weighted by molar-refractivity contribution is -0.141. The predicted octanol–water partition coefficient (Wildman–Crippen LogP) is 3.11. The van der Waals surface area contributed by atoms with Crippen LogP contribution in [0, 0.1) is 16.7 Å². The molecule has 2 rings (SSSR count). The lowest BCUT2D eigenvalue weighted by atomic mass is 9.97. The van der Waals surface area contributed by atoms with E-state index in [0.29, 0.717) is 6.07 Å². The van der Waals surface area contributed by atoms with Crippen molar-refractivity contribution < 1.29 is 21.6 Å². The fourth-order valence-electron chi connectivity index (χ4n) is 2.20. The van der Waals surface area contributed by atoms with Crippen molar-refractivity contribution in [2.75, 3.05) is 11.6 Å². The minimum Gasteiger partial charge on any atom is -0.278 e. The minimum atomic E-state index is -4.82. The second kappa shape index (κ2) is 7.73. The zero-order chi connectivity index (χ0) is 21.2. The van der Waals surface area contributed by atoms with E-state index in [-0.39, 0.29) is 17.3 Å².